The van der Waals surface area contributed by atoms with Crippen LogP contribution in [0.1, 0.15) is 58.9 Å². The van der Waals surface area contributed by atoms with E-state index in [1.807, 2.05) is 0 Å². The molecule has 1 aromatic carbocycles. The van der Waals surface area contributed by atoms with Crippen LogP contribution in [0, 0.1) is 33.1 Å². The van der Waals surface area contributed by atoms with Gasteiger partial charge in [-0.05, 0) is 67.0 Å². The molecule has 0 aliphatic heterocycles. The number of hydrogen-bond acceptors (Lipinski definition) is 1. The van der Waals surface area contributed by atoms with E-state index in [0.29, 0.717) is 0 Å². The molecule has 18 heavy (non-hydrogen) atoms. The van der Waals surface area contributed by atoms with E-state index in [9.17, 15) is 4.79 Å². The molecule has 1 nitrogen and oxygen atoms in total. The Labute approximate surface area is 110 Å². The molecule has 0 fully saturated rings. The summed E-state index contributed by atoms with van der Waals surface area (Å²) in [4.78, 5) is 12.6. The van der Waals surface area contributed by atoms with Gasteiger partial charge in [-0.15, -0.1) is 0 Å². The van der Waals surface area contributed by atoms with Crippen molar-refractivity contribution in [2.75, 3.05) is 0 Å². The lowest BCUT2D eigenvalue weighted by Crippen LogP contribution is -2.16. The second-order valence-electron chi connectivity index (χ2n) is 6.43. The predicted molar refractivity (Wildman–Crippen MR) is 77.2 cm³/mol. The Bertz CT molecular complexity index is 581. The highest BCUT2D eigenvalue weighted by molar-refractivity contribution is 6.19. The number of benzene rings is 1. The zero-order valence-corrected chi connectivity index (χ0v) is 12.5. The van der Waals surface area contributed by atoms with E-state index in [2.05, 4.69) is 54.5 Å². The van der Waals surface area contributed by atoms with Gasteiger partial charge in [-0.2, -0.15) is 0 Å². The van der Waals surface area contributed by atoms with Gasteiger partial charge in [-0.1, -0.05) is 20.8 Å². The standard InChI is InChI=1S/C17H22O/c1-9-10(2)12(4)15-13(11(9)3)8-14(16(15)18)17(5,6)7/h8H,1-7H3. The van der Waals surface area contributed by atoms with Gasteiger partial charge < -0.3 is 0 Å². The zero-order chi connectivity index (χ0) is 13.8. The first kappa shape index (κ1) is 13.1. The van der Waals surface area contributed by atoms with E-state index in [4.69, 9.17) is 0 Å². The molecule has 0 radical (unpaired) electrons. The molecule has 0 saturated carbocycles. The van der Waals surface area contributed by atoms with Crippen LogP contribution in [0.3, 0.4) is 0 Å². The van der Waals surface area contributed by atoms with Gasteiger partial charge in [0.2, 0.25) is 0 Å². The number of ketones is 1. The summed E-state index contributed by atoms with van der Waals surface area (Å²) in [5, 5.41) is 0. The fraction of sp³-hybridized carbons (Fsp3) is 0.471. The van der Waals surface area contributed by atoms with Crippen LogP contribution < -0.4 is 0 Å². The lowest BCUT2D eigenvalue weighted by atomic mass is 9.84. The Morgan fingerprint density at radius 3 is 1.83 bits per heavy atom. The molecule has 0 spiro atoms. The van der Waals surface area contributed by atoms with Crippen molar-refractivity contribution < 1.29 is 4.79 Å². The molecule has 0 bridgehead atoms. The van der Waals surface area contributed by atoms with Crippen LogP contribution in [-0.2, 0) is 0 Å². The average molecular weight is 242 g/mol. The molecule has 2 rings (SSSR count). The van der Waals surface area contributed by atoms with Crippen molar-refractivity contribution in [1.82, 2.24) is 0 Å². The topological polar surface area (TPSA) is 17.1 Å². The zero-order valence-electron chi connectivity index (χ0n) is 12.5. The third kappa shape index (κ3) is 1.65. The molecule has 0 N–H and O–H groups in total. The molecule has 0 atom stereocenters. The first-order valence-electron chi connectivity index (χ1n) is 6.53. The minimum absolute atomic E-state index is 0.0865. The van der Waals surface area contributed by atoms with Gasteiger partial charge in [0.25, 0.3) is 0 Å². The van der Waals surface area contributed by atoms with Crippen LogP contribution in [0.4, 0.5) is 0 Å². The predicted octanol–water partition coefficient (Wildman–Crippen LogP) is 4.55. The van der Waals surface area contributed by atoms with Crippen molar-refractivity contribution in [1.29, 1.82) is 0 Å². The number of hydrogen-bond donors (Lipinski definition) is 0. The SMILES string of the molecule is Cc1c(C)c(C)c2c(c1C)C=C(C(C)(C)C)C2=O. The molecule has 0 aromatic heterocycles. The molecule has 96 valence electrons. The molecule has 1 aliphatic carbocycles. The van der Waals surface area contributed by atoms with Crippen LogP contribution >= 0.6 is 0 Å². The third-order valence-corrected chi connectivity index (χ3v) is 4.30. The number of fused-ring (bicyclic) bond motifs is 1. The summed E-state index contributed by atoms with van der Waals surface area (Å²) in [5.41, 5.74) is 7.89. The lowest BCUT2D eigenvalue weighted by Gasteiger charge is -2.19. The minimum Gasteiger partial charge on any atom is -0.289 e. The number of rotatable bonds is 0. The second kappa shape index (κ2) is 3.81. The summed E-state index contributed by atoms with van der Waals surface area (Å²) < 4.78 is 0. The molecule has 0 unspecified atom stereocenters. The van der Waals surface area contributed by atoms with Gasteiger partial charge in [0.1, 0.15) is 0 Å². The van der Waals surface area contributed by atoms with E-state index in [1.54, 1.807) is 0 Å². The maximum absolute atomic E-state index is 12.6. The van der Waals surface area contributed by atoms with E-state index in [-0.39, 0.29) is 11.2 Å². The minimum atomic E-state index is -0.0865. The molecule has 0 amide bonds. The monoisotopic (exact) mass is 242 g/mol. The van der Waals surface area contributed by atoms with Gasteiger partial charge in [-0.3, -0.25) is 4.79 Å². The quantitative estimate of drug-likeness (QED) is 0.652. The first-order chi connectivity index (χ1) is 8.16. The largest absolute Gasteiger partial charge is 0.289 e. The molecular weight excluding hydrogens is 220 g/mol. The van der Waals surface area contributed by atoms with Crippen molar-refractivity contribution in [3.63, 3.8) is 0 Å². The van der Waals surface area contributed by atoms with Crippen molar-refractivity contribution in [2.24, 2.45) is 5.41 Å². The normalized spacial score (nSPS) is 14.8. The van der Waals surface area contributed by atoms with Crippen LogP contribution in [0.25, 0.3) is 6.08 Å². The second-order valence-corrected chi connectivity index (χ2v) is 6.43. The lowest BCUT2D eigenvalue weighted by molar-refractivity contribution is 0.101. The molecule has 1 aliphatic rings. The van der Waals surface area contributed by atoms with E-state index in [0.717, 1.165) is 22.3 Å². The Morgan fingerprint density at radius 2 is 1.33 bits per heavy atom. The highest BCUT2D eigenvalue weighted by Crippen LogP contribution is 2.40. The average Bonchev–Trinajstić information content (AvgIpc) is 2.61. The van der Waals surface area contributed by atoms with Crippen molar-refractivity contribution in [3.05, 3.63) is 39.0 Å². The van der Waals surface area contributed by atoms with Gasteiger partial charge >= 0.3 is 0 Å². The number of carbonyl (C=O) groups is 1. The molecule has 1 heteroatoms. The highest BCUT2D eigenvalue weighted by Gasteiger charge is 2.33. The Hall–Kier alpha value is -1.37. The van der Waals surface area contributed by atoms with Crippen LogP contribution in [-0.4, -0.2) is 5.78 Å². The number of Topliss-reactive ketones (excluding diaryl/α,β-unsaturated/α-hetero) is 1. The molecule has 0 heterocycles. The maximum Gasteiger partial charge on any atom is 0.190 e. The fourth-order valence-electron chi connectivity index (χ4n) is 2.72. The smallest absolute Gasteiger partial charge is 0.190 e. The summed E-state index contributed by atoms with van der Waals surface area (Å²) in [7, 11) is 0. The van der Waals surface area contributed by atoms with Crippen molar-refractivity contribution in [3.8, 4) is 0 Å². The fourth-order valence-corrected chi connectivity index (χ4v) is 2.72. The van der Waals surface area contributed by atoms with Crippen LogP contribution in [0.2, 0.25) is 0 Å². The molecule has 1 aromatic rings. The van der Waals surface area contributed by atoms with Gasteiger partial charge in [0.15, 0.2) is 5.78 Å². The van der Waals surface area contributed by atoms with E-state index >= 15 is 0 Å². The summed E-state index contributed by atoms with van der Waals surface area (Å²) in [6, 6.07) is 0. The van der Waals surface area contributed by atoms with E-state index in [1.165, 1.54) is 16.7 Å². The Balaban J connectivity index is 2.77. The number of carbonyl (C=O) groups excluding carboxylic acids is 1. The van der Waals surface area contributed by atoms with Crippen LogP contribution in [0.15, 0.2) is 5.57 Å². The first-order valence-corrected chi connectivity index (χ1v) is 6.53. The van der Waals surface area contributed by atoms with Crippen molar-refractivity contribution in [2.45, 2.75) is 48.5 Å². The highest BCUT2D eigenvalue weighted by atomic mass is 16.1. The van der Waals surface area contributed by atoms with E-state index < -0.39 is 0 Å². The van der Waals surface area contributed by atoms with Crippen molar-refractivity contribution >= 4 is 11.9 Å². The third-order valence-electron chi connectivity index (χ3n) is 4.30. The molecule has 0 saturated heterocycles. The maximum atomic E-state index is 12.6. The van der Waals surface area contributed by atoms with Gasteiger partial charge in [0.05, 0.1) is 0 Å². The summed E-state index contributed by atoms with van der Waals surface area (Å²) in [5.74, 6) is 0.223. The molecular formula is C17H22O. The number of allylic oxidation sites excluding steroid dienone is 1. The summed E-state index contributed by atoms with van der Waals surface area (Å²) in [6.07, 6.45) is 2.10. The summed E-state index contributed by atoms with van der Waals surface area (Å²) in [6.45, 7) is 14.8. The Kier molecular flexibility index (Phi) is 2.77. The van der Waals surface area contributed by atoms with Gasteiger partial charge in [0, 0.05) is 11.1 Å². The van der Waals surface area contributed by atoms with Crippen LogP contribution in [0.5, 0.6) is 0 Å². The Morgan fingerprint density at radius 1 is 0.833 bits per heavy atom. The summed E-state index contributed by atoms with van der Waals surface area (Å²) >= 11 is 0. The van der Waals surface area contributed by atoms with Gasteiger partial charge in [-0.25, -0.2) is 0 Å².